The number of fused-ring (bicyclic) bond motifs is 1. The summed E-state index contributed by atoms with van der Waals surface area (Å²) >= 11 is 0. The van der Waals surface area contributed by atoms with E-state index in [9.17, 15) is 13.0 Å². The predicted molar refractivity (Wildman–Crippen MR) is 122 cm³/mol. The number of hydrogen-bond acceptors (Lipinski definition) is 4. The van der Waals surface area contributed by atoms with Crippen LogP contribution in [0.1, 0.15) is 31.4 Å². The first kappa shape index (κ1) is 22.0. The van der Waals surface area contributed by atoms with Gasteiger partial charge in [-0.05, 0) is 45.0 Å². The molecule has 0 fully saturated rings. The number of nitrogens with one attached hydrogen (secondary N) is 1. The van der Waals surface area contributed by atoms with E-state index < -0.39 is 10.1 Å². The third-order valence-corrected chi connectivity index (χ3v) is 6.10. The van der Waals surface area contributed by atoms with Gasteiger partial charge in [0.05, 0.1) is 15.5 Å². The van der Waals surface area contributed by atoms with Crippen molar-refractivity contribution >= 4 is 27.2 Å². The first-order valence-corrected chi connectivity index (χ1v) is 11.6. The minimum atomic E-state index is -4.22. The highest BCUT2D eigenvalue weighted by Crippen LogP contribution is 2.40. The number of anilines is 1. The Bertz CT molecular complexity index is 1100. The Morgan fingerprint density at radius 3 is 2.53 bits per heavy atom. The average Bonchev–Trinajstić information content (AvgIpc) is 2.88. The maximum Gasteiger partial charge on any atom is 0.209 e. The van der Waals surface area contributed by atoms with Gasteiger partial charge in [0.1, 0.15) is 6.54 Å². The van der Waals surface area contributed by atoms with E-state index >= 15 is 0 Å². The summed E-state index contributed by atoms with van der Waals surface area (Å²) in [6.45, 7) is 6.88. The molecule has 0 radical (unpaired) electrons. The fraction of sp³-hybridized carbons (Fsp3) is 0.292. The lowest BCUT2D eigenvalue weighted by Crippen LogP contribution is -2.28. The molecule has 0 aliphatic carbocycles. The number of nitrogens with zero attached hydrogens (tertiary/aromatic N) is 1. The van der Waals surface area contributed by atoms with Crippen LogP contribution in [0.5, 0.6) is 0 Å². The topological polar surface area (TPSA) is 72.2 Å². The highest BCUT2D eigenvalue weighted by atomic mass is 32.2. The van der Waals surface area contributed by atoms with Gasteiger partial charge in [-0.1, -0.05) is 35.9 Å². The van der Waals surface area contributed by atoms with E-state index in [1.807, 2.05) is 48.7 Å². The largest absolute Gasteiger partial charge is 0.748 e. The second-order valence-corrected chi connectivity index (χ2v) is 9.55. The third kappa shape index (κ3) is 5.26. The number of benzene rings is 2. The van der Waals surface area contributed by atoms with Gasteiger partial charge in [0.15, 0.2) is 5.71 Å². The van der Waals surface area contributed by atoms with Gasteiger partial charge in [-0.25, -0.2) is 8.42 Å². The Balaban J connectivity index is 1.85. The quantitative estimate of drug-likeness (QED) is 0.385. The highest BCUT2D eigenvalue weighted by Gasteiger charge is 2.44. The van der Waals surface area contributed by atoms with Crippen LogP contribution >= 0.6 is 0 Å². The number of aryl methyl sites for hydroxylation is 1. The Morgan fingerprint density at radius 2 is 1.83 bits per heavy atom. The van der Waals surface area contributed by atoms with Crippen molar-refractivity contribution in [2.24, 2.45) is 0 Å². The van der Waals surface area contributed by atoms with Crippen LogP contribution in [-0.2, 0) is 15.5 Å². The van der Waals surface area contributed by atoms with Crippen molar-refractivity contribution in [1.29, 1.82) is 0 Å². The van der Waals surface area contributed by atoms with Crippen LogP contribution in [0.15, 0.2) is 73.0 Å². The predicted octanol–water partition coefficient (Wildman–Crippen LogP) is 4.49. The Labute approximate surface area is 179 Å². The van der Waals surface area contributed by atoms with Crippen molar-refractivity contribution in [2.45, 2.75) is 32.6 Å². The minimum Gasteiger partial charge on any atom is -0.748 e. The van der Waals surface area contributed by atoms with Crippen LogP contribution in [0.25, 0.3) is 0 Å². The molecule has 2 aromatic carbocycles. The molecule has 0 aromatic heterocycles. The van der Waals surface area contributed by atoms with Gasteiger partial charge >= 0.3 is 0 Å². The molecule has 5 nitrogen and oxygen atoms in total. The summed E-state index contributed by atoms with van der Waals surface area (Å²) in [4.78, 5) is 0. The SMILES string of the molecule is Cc1ccc2c(c1)C(C)(C)C(/C=C/C=C/Nc1ccccc1)=[N+]2CCCS(=O)(=O)[O-]. The van der Waals surface area contributed by atoms with Gasteiger partial charge in [0, 0.05) is 41.8 Å². The molecule has 0 saturated heterocycles. The van der Waals surface area contributed by atoms with Gasteiger partial charge in [0.25, 0.3) is 0 Å². The van der Waals surface area contributed by atoms with Gasteiger partial charge in [0.2, 0.25) is 5.69 Å². The van der Waals surface area contributed by atoms with Gasteiger partial charge in [-0.15, -0.1) is 0 Å². The van der Waals surface area contributed by atoms with Crippen molar-refractivity contribution in [3.8, 4) is 0 Å². The minimum absolute atomic E-state index is 0.227. The van der Waals surface area contributed by atoms with Crippen LogP contribution in [0.2, 0.25) is 0 Å². The van der Waals surface area contributed by atoms with Crippen molar-refractivity contribution in [3.63, 3.8) is 0 Å². The number of rotatable bonds is 8. The highest BCUT2D eigenvalue weighted by molar-refractivity contribution is 7.85. The molecule has 1 aliphatic rings. The molecular formula is C24H28N2O3S. The van der Waals surface area contributed by atoms with Crippen LogP contribution in [0.4, 0.5) is 11.4 Å². The summed E-state index contributed by atoms with van der Waals surface area (Å²) in [5.74, 6) is -0.358. The van der Waals surface area contributed by atoms with Crippen LogP contribution in [0, 0.1) is 6.92 Å². The summed E-state index contributed by atoms with van der Waals surface area (Å²) in [5.41, 5.74) is 5.32. The monoisotopic (exact) mass is 424 g/mol. The van der Waals surface area contributed by atoms with Gasteiger partial charge < -0.3 is 9.87 Å². The molecule has 6 heteroatoms. The second-order valence-electron chi connectivity index (χ2n) is 8.03. The van der Waals surface area contributed by atoms with Crippen LogP contribution < -0.4 is 5.32 Å². The molecule has 1 aliphatic heterocycles. The van der Waals surface area contributed by atoms with E-state index in [4.69, 9.17) is 0 Å². The number of hydrogen-bond donors (Lipinski definition) is 1. The van der Waals surface area contributed by atoms with Gasteiger partial charge in [-0.2, -0.15) is 4.58 Å². The van der Waals surface area contributed by atoms with E-state index in [1.165, 1.54) is 11.1 Å². The van der Waals surface area contributed by atoms with Crippen LogP contribution in [-0.4, -0.2) is 35.6 Å². The normalized spacial score (nSPS) is 15.9. The van der Waals surface area contributed by atoms with Crippen molar-refractivity contribution in [1.82, 2.24) is 0 Å². The zero-order chi connectivity index (χ0) is 21.8. The van der Waals surface area contributed by atoms with E-state index in [1.54, 1.807) is 0 Å². The maximum absolute atomic E-state index is 11.1. The first-order chi connectivity index (χ1) is 14.2. The maximum atomic E-state index is 11.1. The molecule has 3 rings (SSSR count). The standard InChI is InChI=1S/C24H28N2O3S/c1-19-13-14-22-21(18-19)24(2,3)23(26(22)16-9-17-30(27,28)29)12-7-8-15-25-20-10-5-4-6-11-20/h4-8,10-15,18H,9,16-17H2,1-3H3,(H,27,28,29). The van der Waals surface area contributed by atoms with E-state index in [0.29, 0.717) is 6.54 Å². The lowest BCUT2D eigenvalue weighted by molar-refractivity contribution is -0.437. The molecule has 0 unspecified atom stereocenters. The molecule has 0 atom stereocenters. The summed E-state index contributed by atoms with van der Waals surface area (Å²) in [6.07, 6.45) is 8.13. The zero-order valence-corrected chi connectivity index (χ0v) is 18.4. The molecule has 30 heavy (non-hydrogen) atoms. The Morgan fingerprint density at radius 1 is 1.10 bits per heavy atom. The molecule has 0 spiro atoms. The third-order valence-electron chi connectivity index (χ3n) is 5.31. The number of para-hydroxylation sites is 1. The second kappa shape index (κ2) is 8.98. The molecule has 0 amide bonds. The molecule has 0 saturated carbocycles. The fourth-order valence-corrected chi connectivity index (χ4v) is 4.29. The molecule has 1 heterocycles. The molecular weight excluding hydrogens is 396 g/mol. The van der Waals surface area contributed by atoms with Crippen LogP contribution in [0.3, 0.4) is 0 Å². The van der Waals surface area contributed by atoms with Crippen molar-refractivity contribution < 1.29 is 17.5 Å². The molecule has 1 N–H and O–H groups in total. The Kier molecular flexibility index (Phi) is 6.58. The zero-order valence-electron chi connectivity index (χ0n) is 17.6. The Hall–Kier alpha value is -2.70. The lowest BCUT2D eigenvalue weighted by Gasteiger charge is -2.15. The summed E-state index contributed by atoms with van der Waals surface area (Å²) in [7, 11) is -4.22. The lowest BCUT2D eigenvalue weighted by atomic mass is 9.81. The first-order valence-electron chi connectivity index (χ1n) is 10.0. The molecule has 2 aromatic rings. The van der Waals surface area contributed by atoms with Crippen molar-refractivity contribution in [2.75, 3.05) is 17.6 Å². The molecule has 0 bridgehead atoms. The summed E-state index contributed by atoms with van der Waals surface area (Å²) in [6, 6.07) is 16.2. The fourth-order valence-electron chi connectivity index (χ4n) is 3.81. The van der Waals surface area contributed by atoms with E-state index in [0.717, 1.165) is 17.1 Å². The number of allylic oxidation sites excluding steroid dienone is 3. The van der Waals surface area contributed by atoms with Gasteiger partial charge in [-0.3, -0.25) is 0 Å². The van der Waals surface area contributed by atoms with E-state index in [-0.39, 0.29) is 17.6 Å². The summed E-state index contributed by atoms with van der Waals surface area (Å²) in [5, 5.41) is 3.22. The average molecular weight is 425 g/mol. The molecule has 158 valence electrons. The van der Waals surface area contributed by atoms with Crippen molar-refractivity contribution in [3.05, 3.63) is 84.1 Å². The smallest absolute Gasteiger partial charge is 0.209 e. The van der Waals surface area contributed by atoms with E-state index in [2.05, 4.69) is 54.9 Å². The summed E-state index contributed by atoms with van der Waals surface area (Å²) < 4.78 is 35.3.